The van der Waals surface area contributed by atoms with Gasteiger partial charge in [-0.25, -0.2) is 4.98 Å². The van der Waals surface area contributed by atoms with Crippen LogP contribution in [0.15, 0.2) is 35.0 Å². The molecule has 0 saturated heterocycles. The second-order valence-corrected chi connectivity index (χ2v) is 10.1. The van der Waals surface area contributed by atoms with Crippen LogP contribution in [0.1, 0.15) is 57.7 Å². The number of hydrogen-bond donors (Lipinski definition) is 1. The maximum absolute atomic E-state index is 11.9. The molecule has 0 bridgehead atoms. The summed E-state index contributed by atoms with van der Waals surface area (Å²) in [6.07, 6.45) is 2.65. The van der Waals surface area contributed by atoms with E-state index in [1.165, 1.54) is 5.56 Å². The van der Waals surface area contributed by atoms with Crippen molar-refractivity contribution in [1.29, 1.82) is 5.26 Å². The standard InChI is InChI=1S/C27H32N6O4/c1-17(2)35-24-20(14-28)13-21(16-30-24)25-31-26(32-37-25)33-11-9-19-12-18(6-7-22(19)33)15-29-10-8-23(34)36-27(3,4)5/h6-7,12-13,16-17,29H,8-11,15H2,1-5H3. The average molecular weight is 505 g/mol. The number of carbonyl (C=O) groups excluding carboxylic acids is 1. The van der Waals surface area contributed by atoms with Gasteiger partial charge in [0, 0.05) is 31.5 Å². The molecule has 0 atom stereocenters. The highest BCUT2D eigenvalue weighted by Gasteiger charge is 2.25. The largest absolute Gasteiger partial charge is 0.474 e. The van der Waals surface area contributed by atoms with Crippen molar-refractivity contribution in [2.45, 2.75) is 65.7 Å². The second kappa shape index (κ2) is 11.0. The van der Waals surface area contributed by atoms with E-state index in [-0.39, 0.29) is 23.8 Å². The molecule has 1 aliphatic rings. The Hall–Kier alpha value is -3.97. The predicted octanol–water partition coefficient (Wildman–Crippen LogP) is 4.31. The molecular weight excluding hydrogens is 472 g/mol. The summed E-state index contributed by atoms with van der Waals surface area (Å²) >= 11 is 0. The minimum absolute atomic E-state index is 0.0933. The Kier molecular flexibility index (Phi) is 7.74. The first-order valence-corrected chi connectivity index (χ1v) is 12.4. The lowest BCUT2D eigenvalue weighted by atomic mass is 10.1. The van der Waals surface area contributed by atoms with E-state index in [9.17, 15) is 10.1 Å². The highest BCUT2D eigenvalue weighted by Crippen LogP contribution is 2.35. The fraction of sp³-hybridized carbons (Fsp3) is 0.444. The predicted molar refractivity (Wildman–Crippen MR) is 137 cm³/mol. The highest BCUT2D eigenvalue weighted by molar-refractivity contribution is 5.70. The number of fused-ring (bicyclic) bond motifs is 1. The lowest BCUT2D eigenvalue weighted by molar-refractivity contribution is -0.154. The van der Waals surface area contributed by atoms with Gasteiger partial charge in [-0.3, -0.25) is 4.79 Å². The number of nitriles is 1. The molecule has 0 fully saturated rings. The molecule has 194 valence electrons. The maximum Gasteiger partial charge on any atom is 0.307 e. The first-order chi connectivity index (χ1) is 17.6. The van der Waals surface area contributed by atoms with Gasteiger partial charge in [0.15, 0.2) is 0 Å². The zero-order valence-corrected chi connectivity index (χ0v) is 21.9. The summed E-state index contributed by atoms with van der Waals surface area (Å²) < 4.78 is 16.4. The molecule has 1 aliphatic heterocycles. The van der Waals surface area contributed by atoms with Crippen LogP contribution in [-0.4, -0.2) is 45.9 Å². The fourth-order valence-corrected chi connectivity index (χ4v) is 4.00. The van der Waals surface area contributed by atoms with Crippen LogP contribution in [0.25, 0.3) is 11.5 Å². The van der Waals surface area contributed by atoms with Gasteiger partial charge in [-0.15, -0.1) is 0 Å². The van der Waals surface area contributed by atoms with E-state index < -0.39 is 5.60 Å². The van der Waals surface area contributed by atoms with Gasteiger partial charge in [0.1, 0.15) is 17.2 Å². The van der Waals surface area contributed by atoms with E-state index in [2.05, 4.69) is 44.7 Å². The number of ether oxygens (including phenoxy) is 2. The van der Waals surface area contributed by atoms with Crippen LogP contribution in [-0.2, 0) is 22.5 Å². The molecular formula is C27H32N6O4. The van der Waals surface area contributed by atoms with Crippen molar-refractivity contribution in [2.24, 2.45) is 0 Å². The molecule has 3 heterocycles. The Morgan fingerprint density at radius 3 is 2.84 bits per heavy atom. The van der Waals surface area contributed by atoms with Gasteiger partial charge in [-0.05, 0) is 69.5 Å². The molecule has 3 aromatic rings. The van der Waals surface area contributed by atoms with Gasteiger partial charge < -0.3 is 24.2 Å². The van der Waals surface area contributed by atoms with Crippen LogP contribution in [0, 0.1) is 11.3 Å². The molecule has 2 aromatic heterocycles. The highest BCUT2D eigenvalue weighted by atomic mass is 16.6. The van der Waals surface area contributed by atoms with Crippen LogP contribution in [0.2, 0.25) is 0 Å². The summed E-state index contributed by atoms with van der Waals surface area (Å²) in [6.45, 7) is 11.3. The van der Waals surface area contributed by atoms with E-state index in [0.29, 0.717) is 36.6 Å². The first-order valence-electron chi connectivity index (χ1n) is 12.4. The van der Waals surface area contributed by atoms with Gasteiger partial charge in [0.25, 0.3) is 11.8 Å². The number of esters is 1. The van der Waals surface area contributed by atoms with Crippen molar-refractivity contribution in [1.82, 2.24) is 20.4 Å². The molecule has 0 amide bonds. The summed E-state index contributed by atoms with van der Waals surface area (Å²) in [5, 5.41) is 16.9. The number of aromatic nitrogens is 3. The van der Waals surface area contributed by atoms with E-state index in [4.69, 9.17) is 14.0 Å². The summed E-state index contributed by atoms with van der Waals surface area (Å²) in [6, 6.07) is 10.0. The lowest BCUT2D eigenvalue weighted by Crippen LogP contribution is -2.26. The Balaban J connectivity index is 1.39. The first kappa shape index (κ1) is 26.1. The number of hydrogen-bond acceptors (Lipinski definition) is 10. The van der Waals surface area contributed by atoms with Crippen LogP contribution in [0.3, 0.4) is 0 Å². The van der Waals surface area contributed by atoms with Crippen LogP contribution < -0.4 is 15.0 Å². The number of carbonyl (C=O) groups is 1. The number of nitrogens with one attached hydrogen (secondary N) is 1. The number of nitrogens with zero attached hydrogens (tertiary/aromatic N) is 5. The van der Waals surface area contributed by atoms with Crippen LogP contribution in [0.4, 0.5) is 11.6 Å². The number of anilines is 2. The molecule has 4 rings (SSSR count). The lowest BCUT2D eigenvalue weighted by Gasteiger charge is -2.19. The van der Waals surface area contributed by atoms with Crippen molar-refractivity contribution in [3.05, 3.63) is 47.2 Å². The van der Waals surface area contributed by atoms with Gasteiger partial charge >= 0.3 is 5.97 Å². The zero-order valence-electron chi connectivity index (χ0n) is 21.9. The molecule has 0 saturated carbocycles. The minimum Gasteiger partial charge on any atom is -0.474 e. The monoisotopic (exact) mass is 504 g/mol. The summed E-state index contributed by atoms with van der Waals surface area (Å²) in [7, 11) is 0. The van der Waals surface area contributed by atoms with E-state index in [1.54, 1.807) is 12.3 Å². The van der Waals surface area contributed by atoms with E-state index in [1.807, 2.05) is 39.5 Å². The van der Waals surface area contributed by atoms with E-state index >= 15 is 0 Å². The maximum atomic E-state index is 11.9. The topological polar surface area (TPSA) is 126 Å². The summed E-state index contributed by atoms with van der Waals surface area (Å²) in [5.74, 6) is 0.820. The second-order valence-electron chi connectivity index (χ2n) is 10.1. The third-order valence-electron chi connectivity index (χ3n) is 5.52. The van der Waals surface area contributed by atoms with Crippen molar-refractivity contribution in [3.63, 3.8) is 0 Å². The molecule has 37 heavy (non-hydrogen) atoms. The Labute approximate surface area is 216 Å². The van der Waals surface area contributed by atoms with Crippen molar-refractivity contribution in [3.8, 4) is 23.4 Å². The molecule has 0 radical (unpaired) electrons. The average Bonchev–Trinajstić information content (AvgIpc) is 3.47. The van der Waals surface area contributed by atoms with Gasteiger partial charge in [0.2, 0.25) is 5.88 Å². The molecule has 0 spiro atoms. The van der Waals surface area contributed by atoms with E-state index in [0.717, 1.165) is 24.2 Å². The van der Waals surface area contributed by atoms with Crippen LogP contribution >= 0.6 is 0 Å². The zero-order chi connectivity index (χ0) is 26.6. The summed E-state index contributed by atoms with van der Waals surface area (Å²) in [4.78, 5) is 22.7. The smallest absolute Gasteiger partial charge is 0.307 e. The van der Waals surface area contributed by atoms with Crippen molar-refractivity contribution >= 4 is 17.6 Å². The quantitative estimate of drug-likeness (QED) is 0.333. The van der Waals surface area contributed by atoms with Crippen molar-refractivity contribution < 1.29 is 18.8 Å². The van der Waals surface area contributed by atoms with Crippen LogP contribution in [0.5, 0.6) is 5.88 Å². The Morgan fingerprint density at radius 1 is 1.30 bits per heavy atom. The minimum atomic E-state index is -0.466. The Bertz CT molecular complexity index is 1300. The van der Waals surface area contributed by atoms with Gasteiger partial charge in [-0.1, -0.05) is 12.1 Å². The fourth-order valence-electron chi connectivity index (χ4n) is 4.00. The summed E-state index contributed by atoms with van der Waals surface area (Å²) in [5.41, 5.74) is 3.76. The molecule has 10 nitrogen and oxygen atoms in total. The molecule has 1 aromatic carbocycles. The molecule has 0 aliphatic carbocycles. The number of pyridine rings is 1. The number of rotatable bonds is 9. The molecule has 10 heteroatoms. The SMILES string of the molecule is CC(C)Oc1ncc(-c2nc(N3CCc4cc(CNCCC(=O)OC(C)(C)C)ccc43)no2)cc1C#N. The Morgan fingerprint density at radius 2 is 2.11 bits per heavy atom. The van der Waals surface area contributed by atoms with Gasteiger partial charge in [0.05, 0.1) is 18.1 Å². The molecule has 1 N–H and O–H groups in total. The number of benzene rings is 1. The van der Waals surface area contributed by atoms with Crippen molar-refractivity contribution in [2.75, 3.05) is 18.0 Å². The third kappa shape index (κ3) is 6.62. The van der Waals surface area contributed by atoms with Gasteiger partial charge in [-0.2, -0.15) is 10.2 Å². The normalized spacial score (nSPS) is 12.9. The third-order valence-corrected chi connectivity index (χ3v) is 5.52. The molecule has 0 unspecified atom stereocenters.